The number of rotatable bonds is 52. The molecule has 0 aromatic heterocycles. The fourth-order valence-corrected chi connectivity index (χ4v) is 8.63. The lowest BCUT2D eigenvalue weighted by atomic mass is 10.0. The average Bonchev–Trinajstić information content (AvgIpc) is 3.28. The van der Waals surface area contributed by atoms with Crippen LogP contribution in [-0.2, 0) is 14.3 Å². The van der Waals surface area contributed by atoms with Gasteiger partial charge in [0.25, 0.3) is 0 Å². The summed E-state index contributed by atoms with van der Waals surface area (Å²) in [6.07, 6.45) is 63.3. The minimum atomic E-state index is -0.851. The van der Waals surface area contributed by atoms with Crippen molar-refractivity contribution in [1.82, 2.24) is 5.32 Å². The summed E-state index contributed by atoms with van der Waals surface area (Å²) in [7, 11) is 0. The zero-order valence-corrected chi connectivity index (χ0v) is 42.3. The molecule has 6 heteroatoms. The number of nitrogens with one attached hydrogen (secondary N) is 1. The largest absolute Gasteiger partial charge is 0.466 e. The monoisotopic (exact) mass is 888 g/mol. The van der Waals surface area contributed by atoms with Gasteiger partial charge in [-0.25, -0.2) is 0 Å². The van der Waals surface area contributed by atoms with Gasteiger partial charge in [0, 0.05) is 12.8 Å². The molecule has 0 aliphatic rings. The normalized spacial score (nSPS) is 12.8. The van der Waals surface area contributed by atoms with E-state index in [1.165, 1.54) is 218 Å². The molecule has 0 radical (unpaired) electrons. The van der Waals surface area contributed by atoms with E-state index in [-0.39, 0.29) is 18.5 Å². The molecule has 0 bridgehead atoms. The second kappa shape index (κ2) is 53.0. The zero-order valence-electron chi connectivity index (χ0n) is 42.3. The summed E-state index contributed by atoms with van der Waals surface area (Å²) in [4.78, 5) is 24.5. The predicted octanol–water partition coefficient (Wildman–Crippen LogP) is 17.1. The van der Waals surface area contributed by atoms with Crippen molar-refractivity contribution in [3.05, 3.63) is 24.3 Å². The molecule has 0 spiro atoms. The Balaban J connectivity index is 3.47. The molecule has 2 atom stereocenters. The van der Waals surface area contributed by atoms with E-state index < -0.39 is 12.1 Å². The first-order valence-corrected chi connectivity index (χ1v) is 28.1. The van der Waals surface area contributed by atoms with E-state index in [9.17, 15) is 19.8 Å². The van der Waals surface area contributed by atoms with Gasteiger partial charge in [0.15, 0.2) is 0 Å². The number of unbranched alkanes of at least 4 members (excludes halogenated alkanes) is 39. The van der Waals surface area contributed by atoms with Crippen molar-refractivity contribution >= 4 is 11.9 Å². The average molecular weight is 889 g/mol. The van der Waals surface area contributed by atoms with E-state index >= 15 is 0 Å². The van der Waals surface area contributed by atoms with Crippen molar-refractivity contribution in [1.29, 1.82) is 0 Å². The summed E-state index contributed by atoms with van der Waals surface area (Å²) in [5.41, 5.74) is 0. The molecule has 2 unspecified atom stereocenters. The molecular weight excluding hydrogens is 779 g/mol. The van der Waals surface area contributed by atoms with Crippen LogP contribution in [0.25, 0.3) is 0 Å². The molecule has 6 nitrogen and oxygen atoms in total. The second-order valence-corrected chi connectivity index (χ2v) is 19.3. The maximum absolute atomic E-state index is 12.4. The highest BCUT2D eigenvalue weighted by atomic mass is 16.5. The van der Waals surface area contributed by atoms with Gasteiger partial charge in [-0.3, -0.25) is 9.59 Å². The molecule has 3 N–H and O–H groups in total. The molecule has 0 aliphatic heterocycles. The molecule has 63 heavy (non-hydrogen) atoms. The number of carbonyl (C=O) groups excluding carboxylic acids is 2. The van der Waals surface area contributed by atoms with Crippen molar-refractivity contribution in [3.8, 4) is 0 Å². The highest BCUT2D eigenvalue weighted by Gasteiger charge is 2.18. The predicted molar refractivity (Wildman–Crippen MR) is 273 cm³/mol. The van der Waals surface area contributed by atoms with Gasteiger partial charge in [0.05, 0.1) is 25.4 Å². The molecule has 0 heterocycles. The molecular formula is C57H109NO5. The van der Waals surface area contributed by atoms with E-state index in [1.54, 1.807) is 6.08 Å². The van der Waals surface area contributed by atoms with Gasteiger partial charge in [-0.05, 0) is 57.8 Å². The minimum absolute atomic E-state index is 0.000104. The van der Waals surface area contributed by atoms with Gasteiger partial charge in [0.1, 0.15) is 0 Å². The summed E-state index contributed by atoms with van der Waals surface area (Å²) in [6, 6.07) is -0.636. The van der Waals surface area contributed by atoms with Gasteiger partial charge in [0.2, 0.25) is 5.91 Å². The summed E-state index contributed by atoms with van der Waals surface area (Å²) in [5.74, 6) is -0.0793. The Morgan fingerprint density at radius 1 is 0.429 bits per heavy atom. The van der Waals surface area contributed by atoms with E-state index in [2.05, 4.69) is 31.3 Å². The number of aliphatic hydroxyl groups is 2. The molecule has 0 aliphatic carbocycles. The van der Waals surface area contributed by atoms with Crippen molar-refractivity contribution < 1.29 is 24.5 Å². The number of esters is 1. The highest BCUT2D eigenvalue weighted by molar-refractivity contribution is 5.76. The summed E-state index contributed by atoms with van der Waals surface area (Å²) >= 11 is 0. The quantitative estimate of drug-likeness (QED) is 0.0321. The van der Waals surface area contributed by atoms with Crippen LogP contribution in [0.2, 0.25) is 0 Å². The number of amides is 1. The fraction of sp³-hybridized carbons (Fsp3) is 0.895. The molecule has 0 aromatic rings. The Hall–Kier alpha value is -1.66. The van der Waals surface area contributed by atoms with Crippen LogP contribution < -0.4 is 5.32 Å². The summed E-state index contributed by atoms with van der Waals surface area (Å²) in [5, 5.41) is 23.1. The Morgan fingerprint density at radius 3 is 1.13 bits per heavy atom. The van der Waals surface area contributed by atoms with Crippen molar-refractivity contribution in [3.63, 3.8) is 0 Å². The highest BCUT2D eigenvalue weighted by Crippen LogP contribution is 2.16. The first-order valence-electron chi connectivity index (χ1n) is 28.1. The lowest BCUT2D eigenvalue weighted by Crippen LogP contribution is -2.45. The maximum atomic E-state index is 12.4. The van der Waals surface area contributed by atoms with E-state index in [0.29, 0.717) is 19.4 Å². The van der Waals surface area contributed by atoms with E-state index in [0.717, 1.165) is 57.8 Å². The van der Waals surface area contributed by atoms with Crippen molar-refractivity contribution in [2.24, 2.45) is 0 Å². The van der Waals surface area contributed by atoms with Crippen molar-refractivity contribution in [2.45, 2.75) is 315 Å². The van der Waals surface area contributed by atoms with Crippen LogP contribution in [0.15, 0.2) is 24.3 Å². The van der Waals surface area contributed by atoms with Crippen LogP contribution in [-0.4, -0.2) is 47.4 Å². The lowest BCUT2D eigenvalue weighted by Gasteiger charge is -2.20. The second-order valence-electron chi connectivity index (χ2n) is 19.3. The first-order chi connectivity index (χ1) is 31.0. The number of ether oxygens (including phenoxy) is 1. The van der Waals surface area contributed by atoms with Crippen LogP contribution in [0, 0.1) is 0 Å². The van der Waals surface area contributed by atoms with Crippen LogP contribution in [0.3, 0.4) is 0 Å². The molecule has 0 rings (SSSR count). The zero-order chi connectivity index (χ0) is 45.8. The van der Waals surface area contributed by atoms with Crippen LogP contribution in [0.5, 0.6) is 0 Å². The Kier molecular flexibility index (Phi) is 51.6. The van der Waals surface area contributed by atoms with Crippen LogP contribution in [0.1, 0.15) is 303 Å². The SMILES string of the molecule is CCCCCCCCCCCCCC/C=C/C(O)C(CO)NC(=O)CCCCCCCCC/C=C\CCCCCCCCOC(=O)CCCCCCCCCCCCCCCCC. The van der Waals surface area contributed by atoms with E-state index in [4.69, 9.17) is 4.74 Å². The summed E-state index contributed by atoms with van der Waals surface area (Å²) < 4.78 is 5.47. The van der Waals surface area contributed by atoms with Crippen LogP contribution >= 0.6 is 0 Å². The minimum Gasteiger partial charge on any atom is -0.466 e. The van der Waals surface area contributed by atoms with Gasteiger partial charge in [-0.15, -0.1) is 0 Å². The third-order valence-corrected chi connectivity index (χ3v) is 13.0. The summed E-state index contributed by atoms with van der Waals surface area (Å²) in [6.45, 7) is 4.89. The lowest BCUT2D eigenvalue weighted by molar-refractivity contribution is -0.143. The third-order valence-electron chi connectivity index (χ3n) is 13.0. The number of hydrogen-bond donors (Lipinski definition) is 3. The molecule has 0 fully saturated rings. The number of hydrogen-bond acceptors (Lipinski definition) is 5. The Bertz CT molecular complexity index is 982. The van der Waals surface area contributed by atoms with Gasteiger partial charge >= 0.3 is 5.97 Å². The first kappa shape index (κ1) is 61.3. The molecule has 372 valence electrons. The Morgan fingerprint density at radius 2 is 0.746 bits per heavy atom. The number of allylic oxidation sites excluding steroid dienone is 3. The van der Waals surface area contributed by atoms with Crippen molar-refractivity contribution in [2.75, 3.05) is 13.2 Å². The smallest absolute Gasteiger partial charge is 0.305 e. The number of carbonyl (C=O) groups is 2. The van der Waals surface area contributed by atoms with E-state index in [1.807, 2.05) is 6.08 Å². The molecule has 1 amide bonds. The Labute approximate surface area is 392 Å². The fourth-order valence-electron chi connectivity index (χ4n) is 8.63. The molecule has 0 saturated carbocycles. The van der Waals surface area contributed by atoms with Gasteiger partial charge in [-0.1, -0.05) is 256 Å². The standard InChI is InChI=1S/C57H109NO5/c1-3-5-7-9-11-13-15-17-22-27-31-35-39-43-47-51-57(62)63-52-48-44-40-36-32-28-24-21-19-20-23-26-30-34-38-42-46-50-56(61)58-54(53-59)55(60)49-45-41-37-33-29-25-18-16-14-12-10-8-6-4-2/h19,21,45,49,54-55,59-60H,3-18,20,22-44,46-48,50-53H2,1-2H3,(H,58,61)/b21-19-,49-45+. The van der Waals surface area contributed by atoms with Gasteiger partial charge < -0.3 is 20.3 Å². The van der Waals surface area contributed by atoms with Gasteiger partial charge in [-0.2, -0.15) is 0 Å². The maximum Gasteiger partial charge on any atom is 0.305 e. The molecule has 0 aromatic carbocycles. The van der Waals surface area contributed by atoms with Crippen LogP contribution in [0.4, 0.5) is 0 Å². The molecule has 0 saturated heterocycles. The number of aliphatic hydroxyl groups excluding tert-OH is 2. The topological polar surface area (TPSA) is 95.9 Å². The third kappa shape index (κ3) is 49.6.